The van der Waals surface area contributed by atoms with Crippen LogP contribution in [0.4, 0.5) is 5.69 Å². The number of hydrogen-bond acceptors (Lipinski definition) is 2. The number of aromatic amines is 1. The number of nitrogen functional groups attached to an aromatic ring is 1. The molecule has 0 saturated heterocycles. The molecule has 0 amide bonds. The van der Waals surface area contributed by atoms with Crippen LogP contribution in [0.1, 0.15) is 11.1 Å². The molecule has 96 valence electrons. The van der Waals surface area contributed by atoms with Crippen molar-refractivity contribution in [2.45, 2.75) is 13.8 Å². The molecule has 4 heteroatoms. The van der Waals surface area contributed by atoms with E-state index in [1.54, 1.807) is 0 Å². The molecule has 1 aromatic heterocycles. The lowest BCUT2D eigenvalue weighted by Crippen LogP contribution is -1.93. The fourth-order valence-corrected chi connectivity index (χ4v) is 2.95. The quantitative estimate of drug-likeness (QED) is 0.661. The van der Waals surface area contributed by atoms with Gasteiger partial charge in [0.1, 0.15) is 5.82 Å². The maximum absolute atomic E-state index is 6.07. The summed E-state index contributed by atoms with van der Waals surface area (Å²) in [6.45, 7) is 4.10. The van der Waals surface area contributed by atoms with Crippen LogP contribution in [0, 0.1) is 13.8 Å². The minimum atomic E-state index is 0.746. The monoisotopic (exact) mass is 315 g/mol. The van der Waals surface area contributed by atoms with Crippen molar-refractivity contribution in [2.24, 2.45) is 0 Å². The third kappa shape index (κ3) is 2.02. The molecule has 0 unspecified atom stereocenters. The molecule has 19 heavy (non-hydrogen) atoms. The molecule has 0 saturated carbocycles. The molecular formula is C15H14BrN3. The van der Waals surface area contributed by atoms with Gasteiger partial charge in [-0.2, -0.15) is 0 Å². The highest BCUT2D eigenvalue weighted by atomic mass is 79.9. The molecule has 0 bridgehead atoms. The van der Waals surface area contributed by atoms with Crippen molar-refractivity contribution >= 4 is 32.7 Å². The third-order valence-corrected chi connectivity index (χ3v) is 3.74. The molecule has 3 rings (SSSR count). The first kappa shape index (κ1) is 12.2. The Kier molecular flexibility index (Phi) is 2.82. The van der Waals surface area contributed by atoms with Gasteiger partial charge >= 0.3 is 0 Å². The Morgan fingerprint density at radius 2 is 1.95 bits per heavy atom. The number of aryl methyl sites for hydroxylation is 2. The van der Waals surface area contributed by atoms with Crippen LogP contribution in [0.15, 0.2) is 34.8 Å². The van der Waals surface area contributed by atoms with E-state index < -0.39 is 0 Å². The van der Waals surface area contributed by atoms with Crippen molar-refractivity contribution in [1.82, 2.24) is 9.97 Å². The minimum absolute atomic E-state index is 0.746. The van der Waals surface area contributed by atoms with E-state index >= 15 is 0 Å². The van der Waals surface area contributed by atoms with Gasteiger partial charge in [0.05, 0.1) is 11.0 Å². The summed E-state index contributed by atoms with van der Waals surface area (Å²) in [4.78, 5) is 8.04. The predicted molar refractivity (Wildman–Crippen MR) is 83.1 cm³/mol. The van der Waals surface area contributed by atoms with Crippen molar-refractivity contribution in [2.75, 3.05) is 5.73 Å². The highest BCUT2D eigenvalue weighted by Crippen LogP contribution is 2.30. The molecule has 0 aliphatic rings. The Morgan fingerprint density at radius 1 is 1.16 bits per heavy atom. The summed E-state index contributed by atoms with van der Waals surface area (Å²) in [6.07, 6.45) is 0. The van der Waals surface area contributed by atoms with Crippen LogP contribution in [0.2, 0.25) is 0 Å². The maximum Gasteiger partial charge on any atom is 0.140 e. The standard InChI is InChI=1S/C15H14BrN3/c1-8-4-3-5-11(17)13(8)15-18-12-7-10(16)6-9(2)14(12)19-15/h3-7H,17H2,1-2H3,(H,18,19). The van der Waals surface area contributed by atoms with Crippen LogP contribution in [-0.2, 0) is 0 Å². The van der Waals surface area contributed by atoms with Crippen LogP contribution in [0.25, 0.3) is 22.4 Å². The number of benzene rings is 2. The molecule has 1 heterocycles. The second-order valence-corrected chi connectivity index (χ2v) is 5.66. The molecule has 0 aliphatic heterocycles. The maximum atomic E-state index is 6.07. The number of anilines is 1. The third-order valence-electron chi connectivity index (χ3n) is 3.28. The molecule has 3 N–H and O–H groups in total. The SMILES string of the molecule is Cc1cccc(N)c1-c1nc2c(C)cc(Br)cc2[nH]1. The normalized spacial score (nSPS) is 11.1. The largest absolute Gasteiger partial charge is 0.398 e. The Labute approximate surface area is 120 Å². The zero-order valence-corrected chi connectivity index (χ0v) is 12.4. The van der Waals surface area contributed by atoms with Gasteiger partial charge in [-0.05, 0) is 43.2 Å². The van der Waals surface area contributed by atoms with Gasteiger partial charge in [0.2, 0.25) is 0 Å². The lowest BCUT2D eigenvalue weighted by Gasteiger charge is -2.05. The minimum Gasteiger partial charge on any atom is -0.398 e. The first-order valence-corrected chi connectivity index (χ1v) is 6.87. The number of H-pyrrole nitrogens is 1. The number of nitrogens with one attached hydrogen (secondary N) is 1. The lowest BCUT2D eigenvalue weighted by atomic mass is 10.1. The summed E-state index contributed by atoms with van der Waals surface area (Å²) < 4.78 is 1.05. The summed E-state index contributed by atoms with van der Waals surface area (Å²) in [7, 11) is 0. The van der Waals surface area contributed by atoms with Crippen molar-refractivity contribution in [3.8, 4) is 11.4 Å². The van der Waals surface area contributed by atoms with E-state index in [0.29, 0.717) is 0 Å². The van der Waals surface area contributed by atoms with Gasteiger partial charge in [0.15, 0.2) is 0 Å². The summed E-state index contributed by atoms with van der Waals surface area (Å²) >= 11 is 3.51. The Bertz CT molecular complexity index is 754. The van der Waals surface area contributed by atoms with Gasteiger partial charge < -0.3 is 10.7 Å². The molecule has 0 aliphatic carbocycles. The second-order valence-electron chi connectivity index (χ2n) is 4.74. The predicted octanol–water partition coefficient (Wildman–Crippen LogP) is 4.19. The van der Waals surface area contributed by atoms with Gasteiger partial charge in [-0.25, -0.2) is 4.98 Å². The molecule has 3 aromatic rings. The highest BCUT2D eigenvalue weighted by Gasteiger charge is 2.12. The van der Waals surface area contributed by atoms with Crippen molar-refractivity contribution in [1.29, 1.82) is 0 Å². The highest BCUT2D eigenvalue weighted by molar-refractivity contribution is 9.10. The summed E-state index contributed by atoms with van der Waals surface area (Å²) in [5.74, 6) is 0.826. The topological polar surface area (TPSA) is 54.7 Å². The average molecular weight is 316 g/mol. The average Bonchev–Trinajstić information content (AvgIpc) is 2.72. The first-order valence-electron chi connectivity index (χ1n) is 6.07. The van der Waals surface area contributed by atoms with Crippen LogP contribution in [0.5, 0.6) is 0 Å². The van der Waals surface area contributed by atoms with Crippen molar-refractivity contribution < 1.29 is 0 Å². The van der Waals surface area contributed by atoms with E-state index in [4.69, 9.17) is 5.73 Å². The van der Waals surface area contributed by atoms with Gasteiger partial charge in [-0.1, -0.05) is 28.1 Å². The Balaban J connectivity index is 2.30. The van der Waals surface area contributed by atoms with E-state index in [-0.39, 0.29) is 0 Å². The number of rotatable bonds is 1. The summed E-state index contributed by atoms with van der Waals surface area (Å²) in [6, 6.07) is 10.0. The van der Waals surface area contributed by atoms with E-state index in [0.717, 1.165) is 43.7 Å². The fourth-order valence-electron chi connectivity index (χ4n) is 2.38. The van der Waals surface area contributed by atoms with Gasteiger partial charge in [-0.3, -0.25) is 0 Å². The van der Waals surface area contributed by atoms with E-state index in [2.05, 4.69) is 38.9 Å². The fraction of sp³-hybridized carbons (Fsp3) is 0.133. The number of nitrogens with zero attached hydrogens (tertiary/aromatic N) is 1. The number of nitrogens with two attached hydrogens (primary N) is 1. The number of hydrogen-bond donors (Lipinski definition) is 2. The molecule has 0 radical (unpaired) electrons. The van der Waals surface area contributed by atoms with E-state index in [1.807, 2.05) is 31.2 Å². The van der Waals surface area contributed by atoms with Gasteiger partial charge in [-0.15, -0.1) is 0 Å². The lowest BCUT2D eigenvalue weighted by molar-refractivity contribution is 1.30. The van der Waals surface area contributed by atoms with Gasteiger partial charge in [0.25, 0.3) is 0 Å². The van der Waals surface area contributed by atoms with Crippen LogP contribution >= 0.6 is 15.9 Å². The van der Waals surface area contributed by atoms with Crippen LogP contribution < -0.4 is 5.73 Å². The first-order chi connectivity index (χ1) is 9.06. The summed E-state index contributed by atoms with van der Waals surface area (Å²) in [5, 5.41) is 0. The zero-order valence-electron chi connectivity index (χ0n) is 10.8. The number of halogens is 1. The van der Waals surface area contributed by atoms with Crippen LogP contribution in [0.3, 0.4) is 0 Å². The Hall–Kier alpha value is -1.81. The molecule has 0 spiro atoms. The molecule has 3 nitrogen and oxygen atoms in total. The molecule has 0 atom stereocenters. The number of aromatic nitrogens is 2. The number of imidazole rings is 1. The Morgan fingerprint density at radius 3 is 2.68 bits per heavy atom. The molecular weight excluding hydrogens is 302 g/mol. The van der Waals surface area contributed by atoms with Gasteiger partial charge in [0, 0.05) is 15.7 Å². The smallest absolute Gasteiger partial charge is 0.140 e. The van der Waals surface area contributed by atoms with Crippen LogP contribution in [-0.4, -0.2) is 9.97 Å². The second kappa shape index (κ2) is 4.38. The van der Waals surface area contributed by atoms with Crippen molar-refractivity contribution in [3.05, 3.63) is 45.9 Å². The summed E-state index contributed by atoms with van der Waals surface area (Å²) in [5.41, 5.74) is 12.1. The zero-order chi connectivity index (χ0) is 13.6. The van der Waals surface area contributed by atoms with E-state index in [9.17, 15) is 0 Å². The van der Waals surface area contributed by atoms with E-state index in [1.165, 1.54) is 0 Å². The number of fused-ring (bicyclic) bond motifs is 1. The molecule has 2 aromatic carbocycles. The molecule has 0 fully saturated rings. The van der Waals surface area contributed by atoms with Crippen molar-refractivity contribution in [3.63, 3.8) is 0 Å².